The monoisotopic (exact) mass is 180 g/mol. The van der Waals surface area contributed by atoms with Crippen molar-refractivity contribution >= 4 is 0 Å². The molecular formula is C9H16N4. The Bertz CT molecular complexity index is 281. The number of nitrogens with two attached hydrogens (primary N) is 1. The van der Waals surface area contributed by atoms with Crippen molar-refractivity contribution in [1.29, 1.82) is 0 Å². The van der Waals surface area contributed by atoms with Gasteiger partial charge in [0.15, 0.2) is 0 Å². The molecule has 1 aliphatic rings. The Morgan fingerprint density at radius 1 is 1.77 bits per heavy atom. The highest BCUT2D eigenvalue weighted by Gasteiger charge is 2.19. The van der Waals surface area contributed by atoms with E-state index in [0.717, 1.165) is 37.4 Å². The van der Waals surface area contributed by atoms with Gasteiger partial charge in [-0.05, 0) is 19.4 Å². The summed E-state index contributed by atoms with van der Waals surface area (Å²) in [6.07, 6.45) is 1.11. The number of aromatic amines is 1. The van der Waals surface area contributed by atoms with Crippen LogP contribution in [0.15, 0.2) is 6.07 Å². The van der Waals surface area contributed by atoms with Crippen LogP contribution in [0.2, 0.25) is 0 Å². The van der Waals surface area contributed by atoms with Crippen LogP contribution in [0.25, 0.3) is 0 Å². The van der Waals surface area contributed by atoms with Crippen LogP contribution >= 0.6 is 0 Å². The van der Waals surface area contributed by atoms with E-state index in [4.69, 9.17) is 5.73 Å². The minimum absolute atomic E-state index is 0.361. The minimum atomic E-state index is 0.361. The standard InChI is InChI=1S/C9H16N4/c1-7-4-9(12-11-7)6-13-3-2-8(10)5-13/h4,8H,2-3,5-6,10H2,1H3,(H,11,12)/t8-/m1/s1. The van der Waals surface area contributed by atoms with E-state index in [2.05, 4.69) is 21.2 Å². The first-order valence-corrected chi connectivity index (χ1v) is 4.73. The molecule has 1 aromatic rings. The summed E-state index contributed by atoms with van der Waals surface area (Å²) >= 11 is 0. The molecule has 1 saturated heterocycles. The topological polar surface area (TPSA) is 57.9 Å². The summed E-state index contributed by atoms with van der Waals surface area (Å²) in [6.45, 7) is 5.06. The molecule has 72 valence electrons. The molecule has 0 amide bonds. The second kappa shape index (κ2) is 3.47. The van der Waals surface area contributed by atoms with Crippen LogP contribution in [0.1, 0.15) is 17.8 Å². The van der Waals surface area contributed by atoms with Gasteiger partial charge in [0.1, 0.15) is 0 Å². The van der Waals surface area contributed by atoms with Gasteiger partial charge in [0.2, 0.25) is 0 Å². The van der Waals surface area contributed by atoms with Crippen molar-refractivity contribution in [3.63, 3.8) is 0 Å². The van der Waals surface area contributed by atoms with Crippen molar-refractivity contribution in [2.24, 2.45) is 5.73 Å². The predicted octanol–water partition coefficient (Wildman–Crippen LogP) is 0.251. The Balaban J connectivity index is 1.91. The molecule has 0 bridgehead atoms. The second-order valence-corrected chi connectivity index (χ2v) is 3.83. The van der Waals surface area contributed by atoms with Crippen molar-refractivity contribution in [1.82, 2.24) is 15.1 Å². The number of hydrogen-bond acceptors (Lipinski definition) is 3. The summed E-state index contributed by atoms with van der Waals surface area (Å²) in [5.74, 6) is 0. The molecule has 1 aliphatic heterocycles. The number of rotatable bonds is 2. The lowest BCUT2D eigenvalue weighted by Gasteiger charge is -2.12. The van der Waals surface area contributed by atoms with Gasteiger partial charge in [-0.3, -0.25) is 10.00 Å². The molecule has 13 heavy (non-hydrogen) atoms. The Kier molecular flexibility index (Phi) is 2.33. The number of hydrogen-bond donors (Lipinski definition) is 2. The van der Waals surface area contributed by atoms with Crippen molar-refractivity contribution in [2.45, 2.75) is 25.9 Å². The van der Waals surface area contributed by atoms with E-state index in [1.54, 1.807) is 0 Å². The van der Waals surface area contributed by atoms with Gasteiger partial charge in [-0.1, -0.05) is 0 Å². The zero-order valence-corrected chi connectivity index (χ0v) is 7.95. The zero-order chi connectivity index (χ0) is 9.26. The number of nitrogens with one attached hydrogen (secondary N) is 1. The first-order valence-electron chi connectivity index (χ1n) is 4.73. The van der Waals surface area contributed by atoms with Crippen LogP contribution in [-0.4, -0.2) is 34.2 Å². The number of aromatic nitrogens is 2. The lowest BCUT2D eigenvalue weighted by molar-refractivity contribution is 0.322. The Morgan fingerprint density at radius 2 is 2.62 bits per heavy atom. The van der Waals surface area contributed by atoms with Crippen LogP contribution in [0, 0.1) is 6.92 Å². The average molecular weight is 180 g/mol. The molecule has 4 nitrogen and oxygen atoms in total. The highest BCUT2D eigenvalue weighted by Crippen LogP contribution is 2.10. The normalized spacial score (nSPS) is 24.0. The van der Waals surface area contributed by atoms with Crippen LogP contribution in [-0.2, 0) is 6.54 Å². The van der Waals surface area contributed by atoms with Gasteiger partial charge in [0.25, 0.3) is 0 Å². The van der Waals surface area contributed by atoms with Gasteiger partial charge in [0, 0.05) is 31.4 Å². The summed E-state index contributed by atoms with van der Waals surface area (Å²) in [6, 6.07) is 2.45. The maximum atomic E-state index is 5.81. The zero-order valence-electron chi connectivity index (χ0n) is 7.95. The number of likely N-dealkylation sites (tertiary alicyclic amines) is 1. The Hall–Kier alpha value is -0.870. The molecule has 0 spiro atoms. The third-order valence-electron chi connectivity index (χ3n) is 2.45. The summed E-state index contributed by atoms with van der Waals surface area (Å²) in [5.41, 5.74) is 8.05. The van der Waals surface area contributed by atoms with Crippen molar-refractivity contribution < 1.29 is 0 Å². The molecule has 0 aromatic carbocycles. The summed E-state index contributed by atoms with van der Waals surface area (Å²) in [7, 11) is 0. The van der Waals surface area contributed by atoms with E-state index < -0.39 is 0 Å². The lowest BCUT2D eigenvalue weighted by Crippen LogP contribution is -2.26. The molecule has 2 rings (SSSR count). The summed E-state index contributed by atoms with van der Waals surface area (Å²) in [4.78, 5) is 2.35. The minimum Gasteiger partial charge on any atom is -0.326 e. The highest BCUT2D eigenvalue weighted by atomic mass is 15.2. The van der Waals surface area contributed by atoms with Crippen LogP contribution < -0.4 is 5.73 Å². The van der Waals surface area contributed by atoms with Crippen molar-refractivity contribution in [3.05, 3.63) is 17.5 Å². The van der Waals surface area contributed by atoms with Gasteiger partial charge in [-0.25, -0.2) is 0 Å². The average Bonchev–Trinajstić information content (AvgIpc) is 2.62. The maximum Gasteiger partial charge on any atom is 0.0765 e. The lowest BCUT2D eigenvalue weighted by atomic mass is 10.3. The largest absolute Gasteiger partial charge is 0.326 e. The Labute approximate surface area is 78.1 Å². The van der Waals surface area contributed by atoms with E-state index in [0.29, 0.717) is 6.04 Å². The fourth-order valence-corrected chi connectivity index (χ4v) is 1.79. The van der Waals surface area contributed by atoms with E-state index >= 15 is 0 Å². The molecule has 1 fully saturated rings. The smallest absolute Gasteiger partial charge is 0.0765 e. The number of aryl methyl sites for hydroxylation is 1. The molecule has 0 saturated carbocycles. The maximum absolute atomic E-state index is 5.81. The van der Waals surface area contributed by atoms with Gasteiger partial charge in [0.05, 0.1) is 5.69 Å². The number of H-pyrrole nitrogens is 1. The fraction of sp³-hybridized carbons (Fsp3) is 0.667. The predicted molar refractivity (Wildman–Crippen MR) is 51.2 cm³/mol. The van der Waals surface area contributed by atoms with E-state index in [1.807, 2.05) is 6.92 Å². The van der Waals surface area contributed by atoms with Gasteiger partial charge in [-0.2, -0.15) is 5.10 Å². The fourth-order valence-electron chi connectivity index (χ4n) is 1.79. The van der Waals surface area contributed by atoms with Crippen LogP contribution in [0.5, 0.6) is 0 Å². The molecule has 0 unspecified atom stereocenters. The van der Waals surface area contributed by atoms with E-state index in [-0.39, 0.29) is 0 Å². The summed E-state index contributed by atoms with van der Waals surface area (Å²) < 4.78 is 0. The first kappa shape index (κ1) is 8.72. The van der Waals surface area contributed by atoms with Gasteiger partial charge < -0.3 is 5.73 Å². The molecular weight excluding hydrogens is 164 g/mol. The van der Waals surface area contributed by atoms with Crippen molar-refractivity contribution in [3.8, 4) is 0 Å². The van der Waals surface area contributed by atoms with E-state index in [9.17, 15) is 0 Å². The van der Waals surface area contributed by atoms with Crippen molar-refractivity contribution in [2.75, 3.05) is 13.1 Å². The number of nitrogens with zero attached hydrogens (tertiary/aromatic N) is 2. The first-order chi connectivity index (χ1) is 6.24. The summed E-state index contributed by atoms with van der Waals surface area (Å²) in [5, 5.41) is 7.14. The second-order valence-electron chi connectivity index (χ2n) is 3.83. The van der Waals surface area contributed by atoms with Gasteiger partial charge >= 0.3 is 0 Å². The van der Waals surface area contributed by atoms with Crippen LogP contribution in [0.3, 0.4) is 0 Å². The van der Waals surface area contributed by atoms with E-state index in [1.165, 1.54) is 0 Å². The highest BCUT2D eigenvalue weighted by molar-refractivity contribution is 5.06. The molecule has 4 heteroatoms. The third-order valence-corrected chi connectivity index (χ3v) is 2.45. The molecule has 1 aromatic heterocycles. The molecule has 0 radical (unpaired) electrons. The SMILES string of the molecule is Cc1cc(CN2CC[C@@H](N)C2)n[nH]1. The van der Waals surface area contributed by atoms with Gasteiger partial charge in [-0.15, -0.1) is 0 Å². The Morgan fingerprint density at radius 3 is 3.15 bits per heavy atom. The molecule has 3 N–H and O–H groups in total. The van der Waals surface area contributed by atoms with Crippen LogP contribution in [0.4, 0.5) is 0 Å². The molecule has 1 atom stereocenters. The quantitative estimate of drug-likeness (QED) is 0.686. The third kappa shape index (κ3) is 2.08. The molecule has 0 aliphatic carbocycles. The molecule has 2 heterocycles.